The van der Waals surface area contributed by atoms with Crippen molar-refractivity contribution in [1.82, 2.24) is 9.88 Å². The summed E-state index contributed by atoms with van der Waals surface area (Å²) in [7, 11) is 0. The number of likely N-dealkylation sites (tertiary alicyclic amines) is 1. The number of benzene rings is 2. The van der Waals surface area contributed by atoms with Crippen LogP contribution in [0.25, 0.3) is 10.2 Å². The molecular weight excluding hydrogens is 353 g/mol. The molecule has 1 aliphatic rings. The van der Waals surface area contributed by atoms with Gasteiger partial charge >= 0.3 is 0 Å². The van der Waals surface area contributed by atoms with Crippen molar-refractivity contribution in [3.05, 3.63) is 59.9 Å². The van der Waals surface area contributed by atoms with Crippen LogP contribution < -0.4 is 5.32 Å². The lowest BCUT2D eigenvalue weighted by Gasteiger charge is -2.16. The fourth-order valence-electron chi connectivity index (χ4n) is 3.04. The quantitative estimate of drug-likeness (QED) is 0.766. The van der Waals surface area contributed by atoms with E-state index in [2.05, 4.69) is 10.3 Å². The lowest BCUT2D eigenvalue weighted by molar-refractivity contribution is -0.128. The first-order valence-corrected chi connectivity index (χ1v) is 9.09. The number of para-hydroxylation sites is 1. The maximum atomic E-state index is 13.0. The molecule has 0 unspecified atom stereocenters. The number of carbonyl (C=O) groups excluding carboxylic acids is 2. The van der Waals surface area contributed by atoms with E-state index in [1.165, 1.54) is 23.5 Å². The van der Waals surface area contributed by atoms with Gasteiger partial charge in [-0.15, -0.1) is 0 Å². The highest BCUT2D eigenvalue weighted by atomic mass is 32.1. The van der Waals surface area contributed by atoms with Crippen molar-refractivity contribution in [2.45, 2.75) is 13.0 Å². The molecule has 1 aliphatic heterocycles. The third-order valence-corrected chi connectivity index (χ3v) is 5.35. The lowest BCUT2D eigenvalue weighted by Crippen LogP contribution is -2.28. The number of nitrogens with zero attached hydrogens (tertiary/aromatic N) is 2. The third-order valence-electron chi connectivity index (χ3n) is 4.40. The van der Waals surface area contributed by atoms with Crippen molar-refractivity contribution in [2.24, 2.45) is 5.92 Å². The average Bonchev–Trinajstić information content (AvgIpc) is 3.20. The summed E-state index contributed by atoms with van der Waals surface area (Å²) < 4.78 is 14.0. The van der Waals surface area contributed by atoms with Crippen molar-refractivity contribution in [3.8, 4) is 0 Å². The molecule has 1 saturated heterocycles. The van der Waals surface area contributed by atoms with E-state index in [4.69, 9.17) is 0 Å². The number of hydrogen-bond acceptors (Lipinski definition) is 4. The largest absolute Gasteiger partial charge is 0.338 e. The molecule has 0 saturated carbocycles. The number of hydrogen-bond donors (Lipinski definition) is 1. The Bertz CT molecular complexity index is 937. The molecule has 1 atom stereocenters. The number of aromatic nitrogens is 1. The second-order valence-electron chi connectivity index (χ2n) is 6.28. The topological polar surface area (TPSA) is 62.3 Å². The Morgan fingerprint density at radius 2 is 2.00 bits per heavy atom. The molecule has 132 valence electrons. The van der Waals surface area contributed by atoms with E-state index >= 15 is 0 Å². The maximum absolute atomic E-state index is 13.0. The summed E-state index contributed by atoms with van der Waals surface area (Å²) in [5, 5.41) is 3.37. The first-order chi connectivity index (χ1) is 12.6. The molecule has 3 aromatic rings. The number of carbonyl (C=O) groups is 2. The van der Waals surface area contributed by atoms with Crippen LogP contribution in [0.5, 0.6) is 0 Å². The second kappa shape index (κ2) is 6.84. The minimum atomic E-state index is -0.407. The highest BCUT2D eigenvalue weighted by Gasteiger charge is 2.34. The van der Waals surface area contributed by atoms with Crippen LogP contribution in [0.2, 0.25) is 0 Å². The van der Waals surface area contributed by atoms with Crippen molar-refractivity contribution in [1.29, 1.82) is 0 Å². The zero-order chi connectivity index (χ0) is 18.1. The Balaban J connectivity index is 1.40. The van der Waals surface area contributed by atoms with E-state index in [-0.39, 0.29) is 24.1 Å². The van der Waals surface area contributed by atoms with Crippen LogP contribution in [0.1, 0.15) is 12.0 Å². The zero-order valence-electron chi connectivity index (χ0n) is 13.8. The fourth-order valence-corrected chi connectivity index (χ4v) is 3.91. The van der Waals surface area contributed by atoms with E-state index in [0.29, 0.717) is 18.2 Å². The summed E-state index contributed by atoms with van der Waals surface area (Å²) in [5.41, 5.74) is 1.68. The smallest absolute Gasteiger partial charge is 0.231 e. The van der Waals surface area contributed by atoms with Crippen LogP contribution in [-0.4, -0.2) is 28.2 Å². The molecule has 0 bridgehead atoms. The predicted molar refractivity (Wildman–Crippen MR) is 98.2 cm³/mol. The highest BCUT2D eigenvalue weighted by molar-refractivity contribution is 7.22. The van der Waals surface area contributed by atoms with E-state index in [1.54, 1.807) is 17.0 Å². The van der Waals surface area contributed by atoms with Gasteiger partial charge in [0.2, 0.25) is 11.8 Å². The van der Waals surface area contributed by atoms with Crippen LogP contribution in [0.15, 0.2) is 48.5 Å². The Morgan fingerprint density at radius 3 is 2.77 bits per heavy atom. The Kier molecular flexibility index (Phi) is 4.38. The number of rotatable bonds is 4. The van der Waals surface area contributed by atoms with Gasteiger partial charge < -0.3 is 10.2 Å². The predicted octanol–water partition coefficient (Wildman–Crippen LogP) is 3.42. The summed E-state index contributed by atoms with van der Waals surface area (Å²) in [6, 6.07) is 13.7. The average molecular weight is 369 g/mol. The molecule has 4 rings (SSSR count). The molecule has 5 nitrogen and oxygen atoms in total. The molecule has 26 heavy (non-hydrogen) atoms. The summed E-state index contributed by atoms with van der Waals surface area (Å²) in [5.74, 6) is -0.984. The van der Waals surface area contributed by atoms with Crippen molar-refractivity contribution < 1.29 is 14.0 Å². The van der Waals surface area contributed by atoms with Crippen LogP contribution in [-0.2, 0) is 16.1 Å². The molecule has 0 aliphatic carbocycles. The van der Waals surface area contributed by atoms with Gasteiger partial charge in [-0.2, -0.15) is 0 Å². The molecule has 2 aromatic carbocycles. The molecule has 2 heterocycles. The second-order valence-corrected chi connectivity index (χ2v) is 7.31. The van der Waals surface area contributed by atoms with Crippen LogP contribution in [0, 0.1) is 11.7 Å². The first kappa shape index (κ1) is 16.7. The number of anilines is 1. The van der Waals surface area contributed by atoms with Crippen LogP contribution in [0.3, 0.4) is 0 Å². The summed E-state index contributed by atoms with van der Waals surface area (Å²) in [6.45, 7) is 0.733. The van der Waals surface area contributed by atoms with Crippen molar-refractivity contribution >= 4 is 38.5 Å². The molecule has 0 spiro atoms. The molecule has 2 amide bonds. The van der Waals surface area contributed by atoms with Crippen LogP contribution >= 0.6 is 11.3 Å². The van der Waals surface area contributed by atoms with E-state index in [9.17, 15) is 14.0 Å². The third kappa shape index (κ3) is 3.43. The van der Waals surface area contributed by atoms with Gasteiger partial charge in [0.1, 0.15) is 5.82 Å². The lowest BCUT2D eigenvalue weighted by atomic mass is 10.1. The van der Waals surface area contributed by atoms with Crippen molar-refractivity contribution in [2.75, 3.05) is 11.9 Å². The minimum absolute atomic E-state index is 0.0706. The van der Waals surface area contributed by atoms with Crippen LogP contribution in [0.4, 0.5) is 9.52 Å². The number of fused-ring (bicyclic) bond motifs is 1. The van der Waals surface area contributed by atoms with E-state index < -0.39 is 5.92 Å². The Labute approximate surface area is 153 Å². The normalized spacial score (nSPS) is 17.0. The van der Waals surface area contributed by atoms with Crippen molar-refractivity contribution in [3.63, 3.8) is 0 Å². The molecular formula is C19H16FN3O2S. The van der Waals surface area contributed by atoms with Gasteiger partial charge in [-0.1, -0.05) is 35.6 Å². The van der Waals surface area contributed by atoms with Gasteiger partial charge in [-0.3, -0.25) is 9.59 Å². The summed E-state index contributed by atoms with van der Waals surface area (Å²) in [6.07, 6.45) is 0.178. The van der Waals surface area contributed by atoms with E-state index in [1.807, 2.05) is 24.3 Å². The molecule has 1 N–H and O–H groups in total. The SMILES string of the molecule is O=C(Nc1nc2ccccc2s1)[C@@H]1CC(=O)N(Cc2ccc(F)cc2)C1. The maximum Gasteiger partial charge on any atom is 0.231 e. The zero-order valence-corrected chi connectivity index (χ0v) is 14.6. The highest BCUT2D eigenvalue weighted by Crippen LogP contribution is 2.27. The summed E-state index contributed by atoms with van der Waals surface area (Å²) >= 11 is 1.41. The van der Waals surface area contributed by atoms with Gasteiger partial charge in [-0.05, 0) is 29.8 Å². The first-order valence-electron chi connectivity index (χ1n) is 8.27. The number of nitrogens with one attached hydrogen (secondary N) is 1. The van der Waals surface area contributed by atoms with Gasteiger partial charge in [0, 0.05) is 19.5 Å². The Hall–Kier alpha value is -2.80. The molecule has 0 radical (unpaired) electrons. The number of halogens is 1. The molecule has 7 heteroatoms. The van der Waals surface area contributed by atoms with Gasteiger partial charge in [0.05, 0.1) is 16.1 Å². The molecule has 1 aromatic heterocycles. The standard InChI is InChI=1S/C19H16FN3O2S/c20-14-7-5-12(6-8-14)10-23-11-13(9-17(23)24)18(25)22-19-21-15-3-1-2-4-16(15)26-19/h1-8,13H,9-11H2,(H,21,22,25)/t13-/m1/s1. The fraction of sp³-hybridized carbons (Fsp3) is 0.211. The molecule has 1 fully saturated rings. The monoisotopic (exact) mass is 369 g/mol. The minimum Gasteiger partial charge on any atom is -0.338 e. The van der Waals surface area contributed by atoms with Gasteiger partial charge in [-0.25, -0.2) is 9.37 Å². The van der Waals surface area contributed by atoms with Gasteiger partial charge in [0.15, 0.2) is 5.13 Å². The number of thiazole rings is 1. The Morgan fingerprint density at radius 1 is 1.23 bits per heavy atom. The summed E-state index contributed by atoms with van der Waals surface area (Å²) in [4.78, 5) is 30.7. The van der Waals surface area contributed by atoms with Gasteiger partial charge in [0.25, 0.3) is 0 Å². The van der Waals surface area contributed by atoms with E-state index in [0.717, 1.165) is 15.8 Å². The number of amides is 2.